The maximum absolute atomic E-state index is 12.7. The van der Waals surface area contributed by atoms with Crippen molar-refractivity contribution in [3.63, 3.8) is 0 Å². The fourth-order valence-electron chi connectivity index (χ4n) is 3.08. The topological polar surface area (TPSA) is 105 Å². The van der Waals surface area contributed by atoms with Gasteiger partial charge in [-0.3, -0.25) is 4.98 Å². The molecule has 0 radical (unpaired) electrons. The molecule has 1 aliphatic rings. The number of tetrazole rings is 1. The summed E-state index contributed by atoms with van der Waals surface area (Å²) in [6.45, 7) is 4.62. The molecule has 3 aromatic rings. The molecule has 2 amide bonds. The number of carbonyl (C=O) groups excluding carboxylic acids is 1. The highest BCUT2D eigenvalue weighted by Gasteiger charge is 2.22. The van der Waals surface area contributed by atoms with E-state index in [9.17, 15) is 4.79 Å². The van der Waals surface area contributed by atoms with Crippen LogP contribution in [0.3, 0.4) is 0 Å². The highest BCUT2D eigenvalue weighted by molar-refractivity contribution is 5.91. The lowest BCUT2D eigenvalue weighted by Crippen LogP contribution is -2.50. The van der Waals surface area contributed by atoms with Crippen LogP contribution in [0.2, 0.25) is 0 Å². The van der Waals surface area contributed by atoms with Crippen molar-refractivity contribution in [2.24, 2.45) is 7.05 Å². The molecule has 2 aromatic heterocycles. The minimum absolute atomic E-state index is 0.119. The van der Waals surface area contributed by atoms with Crippen molar-refractivity contribution < 1.29 is 4.79 Å². The zero-order chi connectivity index (χ0) is 19.5. The van der Waals surface area contributed by atoms with Crippen LogP contribution in [0.25, 0.3) is 11.4 Å². The Bertz CT molecular complexity index is 964. The molecule has 1 saturated heterocycles. The van der Waals surface area contributed by atoms with E-state index in [2.05, 4.69) is 35.6 Å². The second-order valence-corrected chi connectivity index (χ2v) is 6.60. The zero-order valence-corrected chi connectivity index (χ0v) is 15.8. The minimum Gasteiger partial charge on any atom is -0.352 e. The van der Waals surface area contributed by atoms with Gasteiger partial charge in [0.1, 0.15) is 5.82 Å². The molecule has 0 aliphatic carbocycles. The molecule has 0 bridgehead atoms. The molecule has 10 heteroatoms. The molecule has 144 valence electrons. The fourth-order valence-corrected chi connectivity index (χ4v) is 3.08. The number of amides is 2. The molecule has 4 rings (SSSR count). The first-order valence-electron chi connectivity index (χ1n) is 9.02. The molecule has 0 spiro atoms. The van der Waals surface area contributed by atoms with Gasteiger partial charge >= 0.3 is 6.03 Å². The average Bonchev–Trinajstić information content (AvgIpc) is 3.17. The summed E-state index contributed by atoms with van der Waals surface area (Å²) in [6, 6.07) is 5.61. The van der Waals surface area contributed by atoms with Gasteiger partial charge in [0.05, 0.1) is 13.2 Å². The van der Waals surface area contributed by atoms with E-state index in [0.717, 1.165) is 22.6 Å². The third-order valence-corrected chi connectivity index (χ3v) is 4.69. The van der Waals surface area contributed by atoms with Gasteiger partial charge in [-0.25, -0.2) is 9.78 Å². The van der Waals surface area contributed by atoms with E-state index < -0.39 is 0 Å². The minimum atomic E-state index is -0.119. The first-order chi connectivity index (χ1) is 13.6. The second-order valence-electron chi connectivity index (χ2n) is 6.60. The zero-order valence-electron chi connectivity index (χ0n) is 15.8. The van der Waals surface area contributed by atoms with Crippen LogP contribution in [0.15, 0.2) is 36.8 Å². The summed E-state index contributed by atoms with van der Waals surface area (Å²) in [6.07, 6.45) is 5.07. The molecule has 1 fully saturated rings. The lowest BCUT2D eigenvalue weighted by atomic mass is 10.1. The van der Waals surface area contributed by atoms with Gasteiger partial charge in [-0.15, -0.1) is 10.2 Å². The smallest absolute Gasteiger partial charge is 0.321 e. The predicted octanol–water partition coefficient (Wildman–Crippen LogP) is 1.33. The highest BCUT2D eigenvalue weighted by Crippen LogP contribution is 2.23. The number of anilines is 2. The number of hydrogen-bond donors (Lipinski definition) is 1. The monoisotopic (exact) mass is 379 g/mol. The third-order valence-electron chi connectivity index (χ3n) is 4.69. The van der Waals surface area contributed by atoms with Crippen molar-refractivity contribution in [2.45, 2.75) is 6.92 Å². The molecule has 10 nitrogen and oxygen atoms in total. The Morgan fingerprint density at radius 1 is 1.14 bits per heavy atom. The lowest BCUT2D eigenvalue weighted by Gasteiger charge is -2.35. The number of benzene rings is 1. The van der Waals surface area contributed by atoms with Gasteiger partial charge in [-0.2, -0.15) is 4.80 Å². The Morgan fingerprint density at radius 2 is 1.96 bits per heavy atom. The van der Waals surface area contributed by atoms with Crippen LogP contribution in [0.4, 0.5) is 16.3 Å². The van der Waals surface area contributed by atoms with Crippen molar-refractivity contribution >= 4 is 17.5 Å². The quantitative estimate of drug-likeness (QED) is 0.732. The molecular weight excluding hydrogens is 358 g/mol. The van der Waals surface area contributed by atoms with Crippen molar-refractivity contribution in [2.75, 3.05) is 36.4 Å². The summed E-state index contributed by atoms with van der Waals surface area (Å²) in [4.78, 5) is 26.5. The van der Waals surface area contributed by atoms with Crippen LogP contribution in [0, 0.1) is 6.92 Å². The van der Waals surface area contributed by atoms with E-state index in [1.165, 1.54) is 4.80 Å². The van der Waals surface area contributed by atoms with E-state index in [0.29, 0.717) is 32.0 Å². The van der Waals surface area contributed by atoms with Gasteiger partial charge in [0.25, 0.3) is 0 Å². The number of nitrogens with zero attached hydrogens (tertiary/aromatic N) is 8. The van der Waals surface area contributed by atoms with Gasteiger partial charge in [0.2, 0.25) is 5.82 Å². The van der Waals surface area contributed by atoms with Crippen LogP contribution < -0.4 is 10.2 Å². The average molecular weight is 379 g/mol. The van der Waals surface area contributed by atoms with Crippen molar-refractivity contribution in [1.82, 2.24) is 35.1 Å². The Morgan fingerprint density at radius 3 is 2.64 bits per heavy atom. The molecule has 0 unspecified atom stereocenters. The largest absolute Gasteiger partial charge is 0.352 e. The first-order valence-corrected chi connectivity index (χ1v) is 9.02. The lowest BCUT2D eigenvalue weighted by molar-refractivity contribution is 0.208. The Balaban J connectivity index is 1.41. The van der Waals surface area contributed by atoms with E-state index in [4.69, 9.17) is 0 Å². The van der Waals surface area contributed by atoms with Crippen molar-refractivity contribution in [3.8, 4) is 11.4 Å². The Labute approximate surface area is 162 Å². The summed E-state index contributed by atoms with van der Waals surface area (Å²) >= 11 is 0. The normalized spacial score (nSPS) is 14.2. The molecule has 0 atom stereocenters. The number of hydrogen-bond acceptors (Lipinski definition) is 7. The SMILES string of the molecule is Cc1ccc(-c2nnn(C)n2)cc1NC(=O)N1CCN(c2cnccn2)CC1. The van der Waals surface area contributed by atoms with E-state index in [-0.39, 0.29) is 6.03 Å². The first kappa shape index (κ1) is 17.8. The maximum atomic E-state index is 12.7. The Hall–Kier alpha value is -3.56. The van der Waals surface area contributed by atoms with Gasteiger partial charge in [-0.05, 0) is 23.8 Å². The number of piperazine rings is 1. The highest BCUT2D eigenvalue weighted by atomic mass is 16.2. The standard InChI is InChI=1S/C18H21N9O/c1-13-3-4-14(17-22-24-25(2)23-17)11-15(13)21-18(28)27-9-7-26(8-10-27)16-12-19-5-6-20-16/h3-6,11-12H,7-10H2,1-2H3,(H,21,28). The van der Waals surface area contributed by atoms with Crippen LogP contribution in [-0.2, 0) is 7.05 Å². The van der Waals surface area contributed by atoms with E-state index in [1.807, 2.05) is 25.1 Å². The molecule has 0 saturated carbocycles. The second kappa shape index (κ2) is 7.59. The molecule has 1 aromatic carbocycles. The van der Waals surface area contributed by atoms with Crippen molar-refractivity contribution in [1.29, 1.82) is 0 Å². The van der Waals surface area contributed by atoms with Gasteiger partial charge in [0, 0.05) is 49.8 Å². The van der Waals surface area contributed by atoms with Crippen molar-refractivity contribution in [3.05, 3.63) is 42.4 Å². The van der Waals surface area contributed by atoms with Crippen LogP contribution in [0.1, 0.15) is 5.56 Å². The number of nitrogens with one attached hydrogen (secondary N) is 1. The number of carbonyl (C=O) groups is 1. The predicted molar refractivity (Wildman–Crippen MR) is 104 cm³/mol. The summed E-state index contributed by atoms with van der Waals surface area (Å²) < 4.78 is 0. The summed E-state index contributed by atoms with van der Waals surface area (Å²) in [7, 11) is 1.72. The molecular formula is C18H21N9O. The van der Waals surface area contributed by atoms with E-state index >= 15 is 0 Å². The third kappa shape index (κ3) is 3.75. The molecule has 1 N–H and O–H groups in total. The number of urea groups is 1. The van der Waals surface area contributed by atoms with Crippen LogP contribution in [-0.4, -0.2) is 67.3 Å². The van der Waals surface area contributed by atoms with Crippen LogP contribution >= 0.6 is 0 Å². The fraction of sp³-hybridized carbons (Fsp3) is 0.333. The number of aromatic nitrogens is 6. The van der Waals surface area contributed by atoms with E-state index in [1.54, 1.807) is 30.5 Å². The molecule has 3 heterocycles. The Kier molecular flexibility index (Phi) is 4.83. The maximum Gasteiger partial charge on any atom is 0.321 e. The number of aryl methyl sites for hydroxylation is 2. The molecule has 28 heavy (non-hydrogen) atoms. The summed E-state index contributed by atoms with van der Waals surface area (Å²) in [5.41, 5.74) is 2.52. The van der Waals surface area contributed by atoms with Crippen LogP contribution in [0.5, 0.6) is 0 Å². The van der Waals surface area contributed by atoms with Gasteiger partial charge in [-0.1, -0.05) is 12.1 Å². The van der Waals surface area contributed by atoms with Gasteiger partial charge < -0.3 is 15.1 Å². The molecule has 1 aliphatic heterocycles. The summed E-state index contributed by atoms with van der Waals surface area (Å²) in [5.74, 6) is 1.36. The van der Waals surface area contributed by atoms with Gasteiger partial charge in [0.15, 0.2) is 0 Å². The summed E-state index contributed by atoms with van der Waals surface area (Å²) in [5, 5.41) is 15.1. The number of rotatable bonds is 3.